The van der Waals surface area contributed by atoms with E-state index in [4.69, 9.17) is 23.2 Å². The van der Waals surface area contributed by atoms with Crippen molar-refractivity contribution in [1.82, 2.24) is 15.5 Å². The number of rotatable bonds is 5. The number of halogens is 2. The maximum Gasteiger partial charge on any atom is 0.272 e. The van der Waals surface area contributed by atoms with Crippen LogP contribution in [0, 0.1) is 5.92 Å². The molecule has 2 amide bonds. The highest BCUT2D eigenvalue weighted by atomic mass is 35.5. The predicted octanol–water partition coefficient (Wildman–Crippen LogP) is 3.85. The quantitative estimate of drug-likeness (QED) is 0.594. The van der Waals surface area contributed by atoms with Crippen molar-refractivity contribution in [3.8, 4) is 0 Å². The van der Waals surface area contributed by atoms with Crippen LogP contribution < -0.4 is 10.2 Å². The Kier molecular flexibility index (Phi) is 6.30. The molecular formula is C23H21Cl2N5O2. The molecule has 2 atom stereocenters. The molecule has 0 fully saturated rings. The Labute approximate surface area is 195 Å². The van der Waals surface area contributed by atoms with Crippen molar-refractivity contribution in [3.63, 3.8) is 0 Å². The number of aromatic amines is 1. The van der Waals surface area contributed by atoms with E-state index in [1.54, 1.807) is 38.4 Å². The maximum atomic E-state index is 13.2. The smallest absolute Gasteiger partial charge is 0.272 e. The normalized spacial score (nSPS) is 16.8. The number of aliphatic imine (C=N–C) groups is 1. The molecule has 0 saturated heterocycles. The number of benzodiazepines with no additional fused rings is 1. The zero-order valence-corrected chi connectivity index (χ0v) is 19.0. The molecule has 2 N–H and O–H groups in total. The number of nitrogens with zero attached hydrogens (tertiary/aromatic N) is 3. The fraction of sp³-hybridized carbons (Fsp3) is 0.217. The third-order valence-electron chi connectivity index (χ3n) is 5.35. The number of fused-ring (bicyclic) bond motifs is 1. The van der Waals surface area contributed by atoms with E-state index in [1.807, 2.05) is 30.3 Å². The molecule has 164 valence electrons. The molecule has 3 aromatic rings. The molecule has 32 heavy (non-hydrogen) atoms. The van der Waals surface area contributed by atoms with Crippen LogP contribution in [-0.2, 0) is 16.0 Å². The van der Waals surface area contributed by atoms with E-state index in [-0.39, 0.29) is 11.8 Å². The topological polar surface area (TPSA) is 90.4 Å². The van der Waals surface area contributed by atoms with Crippen LogP contribution in [0.4, 0.5) is 5.69 Å². The molecule has 1 unspecified atom stereocenters. The number of nitrogens with one attached hydrogen (secondary N) is 2. The molecule has 0 bridgehead atoms. The Morgan fingerprint density at radius 1 is 1.19 bits per heavy atom. The molecule has 2 heterocycles. The van der Waals surface area contributed by atoms with Crippen molar-refractivity contribution >= 4 is 46.4 Å². The average Bonchev–Trinajstić information content (AvgIpc) is 3.29. The number of hydrogen-bond donors (Lipinski definition) is 2. The van der Waals surface area contributed by atoms with Crippen LogP contribution in [0.1, 0.15) is 23.7 Å². The summed E-state index contributed by atoms with van der Waals surface area (Å²) in [5, 5.41) is 10.6. The number of hydrogen-bond acceptors (Lipinski definition) is 4. The first-order valence-electron chi connectivity index (χ1n) is 10.0. The first-order valence-corrected chi connectivity index (χ1v) is 10.8. The lowest BCUT2D eigenvalue weighted by atomic mass is 10.0. The Morgan fingerprint density at radius 3 is 2.69 bits per heavy atom. The fourth-order valence-electron chi connectivity index (χ4n) is 3.61. The molecule has 1 aromatic heterocycles. The van der Waals surface area contributed by atoms with E-state index >= 15 is 0 Å². The number of anilines is 1. The number of likely N-dealkylation sites (N-methyl/N-ethyl adjacent to an activating group) is 1. The molecular weight excluding hydrogens is 449 g/mol. The molecule has 1 aliphatic heterocycles. The monoisotopic (exact) mass is 469 g/mol. The number of para-hydroxylation sites is 1. The van der Waals surface area contributed by atoms with Crippen LogP contribution in [0.2, 0.25) is 10.0 Å². The highest BCUT2D eigenvalue weighted by Crippen LogP contribution is 2.27. The van der Waals surface area contributed by atoms with Crippen molar-refractivity contribution < 1.29 is 9.59 Å². The van der Waals surface area contributed by atoms with Gasteiger partial charge in [-0.1, -0.05) is 54.4 Å². The van der Waals surface area contributed by atoms with Gasteiger partial charge in [-0.25, -0.2) is 4.99 Å². The lowest BCUT2D eigenvalue weighted by Crippen LogP contribution is -2.47. The van der Waals surface area contributed by atoms with Gasteiger partial charge >= 0.3 is 0 Å². The van der Waals surface area contributed by atoms with Crippen LogP contribution in [0.5, 0.6) is 0 Å². The average molecular weight is 470 g/mol. The summed E-state index contributed by atoms with van der Waals surface area (Å²) in [7, 11) is 1.67. The standard InChI is InChI=1S/C23H21Cl2N5O2/c1-13(11-14-7-8-16(24)17(25)12-14)22(31)28-21-23(32)30(2)19-6-4-3-5-15(19)20(27-21)18-9-10-26-29-18/h3-10,12-13,21H,11H2,1-2H3,(H,26,29)(H,28,31)/t13-,21?/m0/s1. The van der Waals surface area contributed by atoms with Gasteiger partial charge in [0.2, 0.25) is 12.1 Å². The highest BCUT2D eigenvalue weighted by molar-refractivity contribution is 6.42. The zero-order valence-electron chi connectivity index (χ0n) is 17.5. The highest BCUT2D eigenvalue weighted by Gasteiger charge is 2.32. The molecule has 7 nitrogen and oxygen atoms in total. The van der Waals surface area contributed by atoms with Gasteiger partial charge in [-0.2, -0.15) is 5.10 Å². The van der Waals surface area contributed by atoms with Crippen LogP contribution in [0.3, 0.4) is 0 Å². The molecule has 9 heteroatoms. The van der Waals surface area contributed by atoms with Gasteiger partial charge in [-0.05, 0) is 36.2 Å². The molecule has 2 aromatic carbocycles. The SMILES string of the molecule is C[C@@H](Cc1ccc(Cl)c(Cl)c1)C(=O)NC1N=C(c2ccn[nH]2)c2ccccc2N(C)C1=O. The molecule has 0 aliphatic carbocycles. The largest absolute Gasteiger partial charge is 0.326 e. The molecule has 0 saturated carbocycles. The third-order valence-corrected chi connectivity index (χ3v) is 6.09. The Bertz CT molecular complexity index is 1190. The minimum absolute atomic E-state index is 0.290. The molecule has 1 aliphatic rings. The lowest BCUT2D eigenvalue weighted by molar-refractivity contribution is -0.129. The Morgan fingerprint density at radius 2 is 1.97 bits per heavy atom. The van der Waals surface area contributed by atoms with E-state index in [9.17, 15) is 9.59 Å². The van der Waals surface area contributed by atoms with Gasteiger partial charge in [-0.15, -0.1) is 0 Å². The summed E-state index contributed by atoms with van der Waals surface area (Å²) in [6, 6.07) is 14.5. The second kappa shape index (κ2) is 9.14. The van der Waals surface area contributed by atoms with Gasteiger partial charge in [-0.3, -0.25) is 14.7 Å². The van der Waals surface area contributed by atoms with E-state index in [0.29, 0.717) is 33.6 Å². The van der Waals surface area contributed by atoms with E-state index in [1.165, 1.54) is 4.90 Å². The van der Waals surface area contributed by atoms with Crippen LogP contribution in [0.15, 0.2) is 59.7 Å². The summed E-state index contributed by atoms with van der Waals surface area (Å²) in [4.78, 5) is 32.3. The van der Waals surface area contributed by atoms with E-state index in [2.05, 4.69) is 20.5 Å². The minimum Gasteiger partial charge on any atom is -0.326 e. The number of H-pyrrole nitrogens is 1. The predicted molar refractivity (Wildman–Crippen MR) is 125 cm³/mol. The Hall–Kier alpha value is -3.16. The van der Waals surface area contributed by atoms with Gasteiger partial charge in [0.1, 0.15) is 0 Å². The summed E-state index contributed by atoms with van der Waals surface area (Å²) in [5.74, 6) is -1.04. The summed E-state index contributed by atoms with van der Waals surface area (Å²) in [6.45, 7) is 1.79. The maximum absolute atomic E-state index is 13.2. The zero-order chi connectivity index (χ0) is 22.8. The number of aromatic nitrogens is 2. The second-order valence-electron chi connectivity index (χ2n) is 7.63. The van der Waals surface area contributed by atoms with Crippen LogP contribution >= 0.6 is 23.2 Å². The van der Waals surface area contributed by atoms with Gasteiger partial charge in [0.05, 0.1) is 27.1 Å². The Balaban J connectivity index is 1.61. The van der Waals surface area contributed by atoms with Gasteiger partial charge in [0, 0.05) is 24.7 Å². The van der Waals surface area contributed by atoms with E-state index < -0.39 is 12.1 Å². The van der Waals surface area contributed by atoms with Crippen molar-refractivity contribution in [3.05, 3.63) is 81.6 Å². The number of benzene rings is 2. The van der Waals surface area contributed by atoms with Crippen LogP contribution in [-0.4, -0.2) is 40.9 Å². The fourth-order valence-corrected chi connectivity index (χ4v) is 3.93. The van der Waals surface area contributed by atoms with E-state index in [0.717, 1.165) is 11.1 Å². The van der Waals surface area contributed by atoms with Crippen molar-refractivity contribution in [1.29, 1.82) is 0 Å². The first kappa shape index (κ1) is 22.0. The number of amides is 2. The van der Waals surface area contributed by atoms with Gasteiger partial charge in [0.15, 0.2) is 0 Å². The number of carbonyl (C=O) groups is 2. The van der Waals surface area contributed by atoms with Crippen molar-refractivity contribution in [2.45, 2.75) is 19.5 Å². The van der Waals surface area contributed by atoms with Gasteiger partial charge < -0.3 is 10.2 Å². The summed E-state index contributed by atoms with van der Waals surface area (Å²) in [5.41, 5.74) is 3.56. The minimum atomic E-state index is -1.07. The molecule has 4 rings (SSSR count). The van der Waals surface area contributed by atoms with Crippen molar-refractivity contribution in [2.75, 3.05) is 11.9 Å². The van der Waals surface area contributed by atoms with Crippen molar-refractivity contribution in [2.24, 2.45) is 10.9 Å². The number of carbonyl (C=O) groups excluding carboxylic acids is 2. The summed E-state index contributed by atoms with van der Waals surface area (Å²) >= 11 is 12.1. The van der Waals surface area contributed by atoms with Gasteiger partial charge in [0.25, 0.3) is 5.91 Å². The van der Waals surface area contributed by atoms with Crippen LogP contribution in [0.25, 0.3) is 0 Å². The first-order chi connectivity index (χ1) is 15.3. The third kappa shape index (κ3) is 4.40. The molecule has 0 spiro atoms. The second-order valence-corrected chi connectivity index (χ2v) is 8.44. The summed E-state index contributed by atoms with van der Waals surface area (Å²) in [6.07, 6.45) is 0.982. The lowest BCUT2D eigenvalue weighted by Gasteiger charge is -2.22. The molecule has 0 radical (unpaired) electrons. The summed E-state index contributed by atoms with van der Waals surface area (Å²) < 4.78 is 0.